The zero-order valence-electron chi connectivity index (χ0n) is 11.9. The van der Waals surface area contributed by atoms with Crippen molar-refractivity contribution in [2.24, 2.45) is 0 Å². The van der Waals surface area contributed by atoms with E-state index < -0.39 is 6.10 Å². The van der Waals surface area contributed by atoms with Gasteiger partial charge in [-0.2, -0.15) is 0 Å². The Hall–Kier alpha value is -2.39. The summed E-state index contributed by atoms with van der Waals surface area (Å²) in [6, 6.07) is 17.9. The van der Waals surface area contributed by atoms with E-state index in [4.69, 9.17) is 4.74 Å². The van der Waals surface area contributed by atoms with Gasteiger partial charge in [-0.25, -0.2) is 4.98 Å². The summed E-state index contributed by atoms with van der Waals surface area (Å²) >= 11 is 0. The predicted octanol–water partition coefficient (Wildman–Crippen LogP) is 3.52. The molecule has 0 aliphatic heterocycles. The largest absolute Gasteiger partial charge is 0.481 e. The third-order valence-electron chi connectivity index (χ3n) is 3.62. The number of aliphatic hydroxyl groups is 1. The Morgan fingerprint density at radius 2 is 1.86 bits per heavy atom. The first-order chi connectivity index (χ1) is 10.3. The van der Waals surface area contributed by atoms with Crippen molar-refractivity contribution in [3.63, 3.8) is 0 Å². The highest BCUT2D eigenvalue weighted by atomic mass is 16.5. The highest BCUT2D eigenvalue weighted by molar-refractivity contribution is 5.85. The van der Waals surface area contributed by atoms with Gasteiger partial charge in [-0.15, -0.1) is 0 Å². The predicted molar refractivity (Wildman–Crippen MR) is 83.4 cm³/mol. The molecule has 0 saturated carbocycles. The second-order valence-corrected chi connectivity index (χ2v) is 5.00. The van der Waals surface area contributed by atoms with Crippen molar-refractivity contribution in [1.82, 2.24) is 4.98 Å². The van der Waals surface area contributed by atoms with Crippen LogP contribution in [0.25, 0.3) is 10.8 Å². The van der Waals surface area contributed by atoms with Crippen molar-refractivity contribution in [2.75, 3.05) is 7.11 Å². The number of aliphatic hydroxyl groups excluding tert-OH is 1. The summed E-state index contributed by atoms with van der Waals surface area (Å²) in [5.41, 5.74) is 1.93. The monoisotopic (exact) mass is 279 g/mol. The first-order valence-corrected chi connectivity index (χ1v) is 6.92. The highest BCUT2D eigenvalue weighted by Crippen LogP contribution is 2.26. The average molecular weight is 279 g/mol. The maximum Gasteiger partial charge on any atom is 0.212 e. The van der Waals surface area contributed by atoms with E-state index in [-0.39, 0.29) is 0 Å². The van der Waals surface area contributed by atoms with Gasteiger partial charge in [0, 0.05) is 18.7 Å². The molecule has 2 aromatic carbocycles. The fraction of sp³-hybridized carbons (Fsp3) is 0.167. The van der Waals surface area contributed by atoms with E-state index in [0.717, 1.165) is 21.9 Å². The van der Waals surface area contributed by atoms with E-state index in [1.54, 1.807) is 13.3 Å². The van der Waals surface area contributed by atoms with Gasteiger partial charge in [0.25, 0.3) is 0 Å². The summed E-state index contributed by atoms with van der Waals surface area (Å²) < 4.78 is 5.04. The number of methoxy groups -OCH3 is 1. The molecule has 106 valence electrons. The Kier molecular flexibility index (Phi) is 3.84. The van der Waals surface area contributed by atoms with Crippen molar-refractivity contribution in [1.29, 1.82) is 0 Å². The van der Waals surface area contributed by atoms with Gasteiger partial charge in [-0.3, -0.25) is 0 Å². The van der Waals surface area contributed by atoms with Crippen LogP contribution in [0, 0.1) is 0 Å². The van der Waals surface area contributed by atoms with Crippen molar-refractivity contribution in [3.05, 3.63) is 71.9 Å². The van der Waals surface area contributed by atoms with Crippen LogP contribution in [0.4, 0.5) is 0 Å². The van der Waals surface area contributed by atoms with Crippen LogP contribution in [0.1, 0.15) is 17.2 Å². The topological polar surface area (TPSA) is 42.4 Å². The van der Waals surface area contributed by atoms with Gasteiger partial charge in [-0.05, 0) is 21.9 Å². The molecule has 3 nitrogen and oxygen atoms in total. The van der Waals surface area contributed by atoms with Crippen LogP contribution < -0.4 is 4.74 Å². The van der Waals surface area contributed by atoms with Crippen molar-refractivity contribution in [2.45, 2.75) is 12.5 Å². The van der Waals surface area contributed by atoms with Crippen molar-refractivity contribution >= 4 is 10.8 Å². The minimum Gasteiger partial charge on any atom is -0.481 e. The van der Waals surface area contributed by atoms with E-state index in [0.29, 0.717) is 12.3 Å². The molecule has 1 unspecified atom stereocenters. The standard InChI is InChI=1S/C18H17NO2/c1-21-18-10-9-13(12-19-18)11-17(20)16-8-4-6-14-5-2-3-7-15(14)16/h2-10,12,17,20H,11H2,1H3. The molecule has 1 N–H and O–H groups in total. The van der Waals surface area contributed by atoms with Gasteiger partial charge in [0.15, 0.2) is 0 Å². The van der Waals surface area contributed by atoms with Gasteiger partial charge in [-0.1, -0.05) is 48.5 Å². The second-order valence-electron chi connectivity index (χ2n) is 5.00. The van der Waals surface area contributed by atoms with Crippen LogP contribution in [-0.4, -0.2) is 17.2 Å². The maximum atomic E-state index is 10.5. The molecule has 3 rings (SSSR count). The molecule has 1 heterocycles. The molecule has 0 saturated heterocycles. The van der Waals surface area contributed by atoms with Crippen LogP contribution in [0.2, 0.25) is 0 Å². The molecule has 0 aliphatic carbocycles. The molecule has 1 aromatic heterocycles. The lowest BCUT2D eigenvalue weighted by atomic mass is 9.97. The molecular weight excluding hydrogens is 262 g/mol. The number of rotatable bonds is 4. The number of ether oxygens (including phenoxy) is 1. The Bertz CT molecular complexity index is 732. The Morgan fingerprint density at radius 1 is 1.05 bits per heavy atom. The van der Waals surface area contributed by atoms with E-state index in [1.807, 2.05) is 42.5 Å². The van der Waals surface area contributed by atoms with Crippen LogP contribution in [-0.2, 0) is 6.42 Å². The molecule has 0 radical (unpaired) electrons. The van der Waals surface area contributed by atoms with Gasteiger partial charge in [0.05, 0.1) is 13.2 Å². The smallest absolute Gasteiger partial charge is 0.212 e. The Balaban J connectivity index is 1.88. The fourth-order valence-corrected chi connectivity index (χ4v) is 2.53. The van der Waals surface area contributed by atoms with Gasteiger partial charge in [0.1, 0.15) is 0 Å². The third kappa shape index (κ3) is 2.88. The summed E-state index contributed by atoms with van der Waals surface area (Å²) in [6.45, 7) is 0. The van der Waals surface area contributed by atoms with E-state index in [9.17, 15) is 5.11 Å². The zero-order valence-corrected chi connectivity index (χ0v) is 11.9. The van der Waals surface area contributed by atoms with Crippen LogP contribution >= 0.6 is 0 Å². The van der Waals surface area contributed by atoms with Crippen LogP contribution in [0.5, 0.6) is 5.88 Å². The highest BCUT2D eigenvalue weighted by Gasteiger charge is 2.12. The van der Waals surface area contributed by atoms with Gasteiger partial charge < -0.3 is 9.84 Å². The summed E-state index contributed by atoms with van der Waals surface area (Å²) in [5.74, 6) is 0.582. The molecule has 3 aromatic rings. The van der Waals surface area contributed by atoms with Gasteiger partial charge in [0.2, 0.25) is 5.88 Å². The molecule has 21 heavy (non-hydrogen) atoms. The van der Waals surface area contributed by atoms with E-state index in [1.165, 1.54) is 0 Å². The molecule has 0 spiro atoms. The molecular formula is C18H17NO2. The first-order valence-electron chi connectivity index (χ1n) is 6.92. The molecule has 0 bridgehead atoms. The number of aromatic nitrogens is 1. The first kappa shape index (κ1) is 13.6. The number of benzene rings is 2. The molecule has 1 atom stereocenters. The maximum absolute atomic E-state index is 10.5. The lowest BCUT2D eigenvalue weighted by Gasteiger charge is -2.14. The lowest BCUT2D eigenvalue weighted by Crippen LogP contribution is -2.03. The number of nitrogens with zero attached hydrogens (tertiary/aromatic N) is 1. The minimum absolute atomic E-state index is 0.533. The number of hydrogen-bond donors (Lipinski definition) is 1. The Labute approximate surface area is 123 Å². The van der Waals surface area contributed by atoms with Crippen molar-refractivity contribution < 1.29 is 9.84 Å². The molecule has 3 heteroatoms. The molecule has 0 fully saturated rings. The molecule has 0 amide bonds. The number of pyridine rings is 1. The van der Waals surface area contributed by atoms with E-state index >= 15 is 0 Å². The number of fused-ring (bicyclic) bond motifs is 1. The van der Waals surface area contributed by atoms with Crippen molar-refractivity contribution in [3.8, 4) is 5.88 Å². The second kappa shape index (κ2) is 5.94. The minimum atomic E-state index is -0.550. The summed E-state index contributed by atoms with van der Waals surface area (Å²) in [4.78, 5) is 4.17. The number of hydrogen-bond acceptors (Lipinski definition) is 3. The summed E-state index contributed by atoms with van der Waals surface area (Å²) in [7, 11) is 1.59. The SMILES string of the molecule is COc1ccc(CC(O)c2cccc3ccccc23)cn1. The van der Waals surface area contributed by atoms with Crippen LogP contribution in [0.15, 0.2) is 60.8 Å². The quantitative estimate of drug-likeness (QED) is 0.794. The van der Waals surface area contributed by atoms with Gasteiger partial charge >= 0.3 is 0 Å². The van der Waals surface area contributed by atoms with Crippen LogP contribution in [0.3, 0.4) is 0 Å². The zero-order chi connectivity index (χ0) is 14.7. The lowest BCUT2D eigenvalue weighted by molar-refractivity contribution is 0.180. The average Bonchev–Trinajstić information content (AvgIpc) is 2.55. The Morgan fingerprint density at radius 3 is 2.62 bits per heavy atom. The molecule has 0 aliphatic rings. The summed E-state index contributed by atoms with van der Waals surface area (Å²) in [5, 5.41) is 12.8. The summed E-state index contributed by atoms with van der Waals surface area (Å²) in [6.07, 6.45) is 1.73. The van der Waals surface area contributed by atoms with E-state index in [2.05, 4.69) is 17.1 Å². The third-order valence-corrected chi connectivity index (χ3v) is 3.62. The normalized spacial score (nSPS) is 12.3. The fourth-order valence-electron chi connectivity index (χ4n) is 2.53.